The molecule has 0 spiro atoms. The minimum absolute atomic E-state index is 0.0758. The van der Waals surface area contributed by atoms with E-state index in [1.807, 2.05) is 0 Å². The van der Waals surface area contributed by atoms with Gasteiger partial charge in [0.05, 0.1) is 13.3 Å². The molecule has 1 aromatic heterocycles. The zero-order chi connectivity index (χ0) is 13.3. The second-order valence-corrected chi connectivity index (χ2v) is 4.15. The first kappa shape index (κ1) is 12.9. The number of halogens is 2. The van der Waals surface area contributed by atoms with Crippen LogP contribution in [0.4, 0.5) is 4.39 Å². The van der Waals surface area contributed by atoms with Gasteiger partial charge in [0.1, 0.15) is 17.1 Å². The van der Waals surface area contributed by atoms with E-state index < -0.39 is 11.9 Å². The van der Waals surface area contributed by atoms with Gasteiger partial charge in [0.2, 0.25) is 0 Å². The van der Waals surface area contributed by atoms with Crippen LogP contribution in [0.1, 0.15) is 17.5 Å². The average Bonchev–Trinajstić information content (AvgIpc) is 2.70. The van der Waals surface area contributed by atoms with Crippen molar-refractivity contribution in [1.29, 1.82) is 0 Å². The Bertz CT molecular complexity index is 571. The van der Waals surface area contributed by atoms with E-state index >= 15 is 0 Å². The molecule has 1 atom stereocenters. The van der Waals surface area contributed by atoms with Crippen LogP contribution in [0.25, 0.3) is 0 Å². The number of aromatic nitrogens is 2. The highest BCUT2D eigenvalue weighted by Crippen LogP contribution is 2.29. The summed E-state index contributed by atoms with van der Waals surface area (Å²) in [6.45, 7) is 0. The fraction of sp³-hybridized carbons (Fsp3) is 0.250. The number of aliphatic hydroxyl groups excluding tert-OH is 1. The standard InChI is InChI=1S/C12H12ClFN2O2/c1-16-9(13)6-15-12(16)11(17)7-4-3-5-8(18-2)10(7)14/h3-6,11,17H,1-2H3. The molecule has 0 amide bonds. The largest absolute Gasteiger partial charge is 0.494 e. The molecule has 1 aromatic carbocycles. The Morgan fingerprint density at radius 1 is 1.50 bits per heavy atom. The van der Waals surface area contributed by atoms with E-state index in [2.05, 4.69) is 4.98 Å². The highest BCUT2D eigenvalue weighted by atomic mass is 35.5. The predicted octanol–water partition coefficient (Wildman–Crippen LogP) is 2.30. The van der Waals surface area contributed by atoms with E-state index in [-0.39, 0.29) is 17.1 Å². The van der Waals surface area contributed by atoms with E-state index in [1.54, 1.807) is 13.1 Å². The Morgan fingerprint density at radius 2 is 2.22 bits per heavy atom. The van der Waals surface area contributed by atoms with Gasteiger partial charge in [-0.25, -0.2) is 9.37 Å². The quantitative estimate of drug-likeness (QED) is 0.931. The molecule has 4 nitrogen and oxygen atoms in total. The third-order valence-corrected chi connectivity index (χ3v) is 3.07. The van der Waals surface area contributed by atoms with Crippen molar-refractivity contribution >= 4 is 11.6 Å². The van der Waals surface area contributed by atoms with Crippen LogP contribution in [0, 0.1) is 5.82 Å². The summed E-state index contributed by atoms with van der Waals surface area (Å²) in [5.41, 5.74) is 0.0970. The van der Waals surface area contributed by atoms with Crippen LogP contribution in [0.3, 0.4) is 0 Å². The molecule has 1 heterocycles. The predicted molar refractivity (Wildman–Crippen MR) is 65.2 cm³/mol. The molecule has 6 heteroatoms. The van der Waals surface area contributed by atoms with Crippen molar-refractivity contribution in [3.63, 3.8) is 0 Å². The van der Waals surface area contributed by atoms with Gasteiger partial charge in [-0.3, -0.25) is 0 Å². The summed E-state index contributed by atoms with van der Waals surface area (Å²) in [4.78, 5) is 3.96. The molecule has 0 aliphatic heterocycles. The number of rotatable bonds is 3. The SMILES string of the molecule is COc1cccc(C(O)c2ncc(Cl)n2C)c1F. The molecule has 1 unspecified atom stereocenters. The lowest BCUT2D eigenvalue weighted by molar-refractivity contribution is 0.199. The number of benzene rings is 1. The van der Waals surface area contributed by atoms with Gasteiger partial charge in [-0.2, -0.15) is 0 Å². The fourth-order valence-corrected chi connectivity index (χ4v) is 1.83. The maximum absolute atomic E-state index is 14.0. The van der Waals surface area contributed by atoms with Gasteiger partial charge in [-0.15, -0.1) is 0 Å². The van der Waals surface area contributed by atoms with Gasteiger partial charge < -0.3 is 14.4 Å². The maximum Gasteiger partial charge on any atom is 0.171 e. The second kappa shape index (κ2) is 4.96. The van der Waals surface area contributed by atoms with E-state index in [0.717, 1.165) is 0 Å². The Kier molecular flexibility index (Phi) is 3.54. The first-order valence-electron chi connectivity index (χ1n) is 5.23. The molecular formula is C12H12ClFN2O2. The molecule has 0 fully saturated rings. The summed E-state index contributed by atoms with van der Waals surface area (Å²) in [5, 5.41) is 10.5. The molecule has 0 aliphatic carbocycles. The third-order valence-electron chi connectivity index (χ3n) is 2.72. The molecule has 0 radical (unpaired) electrons. The molecule has 0 bridgehead atoms. The average molecular weight is 271 g/mol. The van der Waals surface area contributed by atoms with Crippen molar-refractivity contribution in [2.24, 2.45) is 7.05 Å². The highest BCUT2D eigenvalue weighted by molar-refractivity contribution is 6.29. The summed E-state index contributed by atoms with van der Waals surface area (Å²) < 4.78 is 20.4. The first-order chi connectivity index (χ1) is 8.56. The molecule has 2 rings (SSSR count). The number of ether oxygens (including phenoxy) is 1. The number of methoxy groups -OCH3 is 1. The topological polar surface area (TPSA) is 47.3 Å². The smallest absolute Gasteiger partial charge is 0.171 e. The van der Waals surface area contributed by atoms with Crippen molar-refractivity contribution in [1.82, 2.24) is 9.55 Å². The van der Waals surface area contributed by atoms with Gasteiger partial charge in [-0.05, 0) is 6.07 Å². The Labute approximate surface area is 109 Å². The minimum atomic E-state index is -1.20. The molecule has 1 N–H and O–H groups in total. The van der Waals surface area contributed by atoms with Crippen LogP contribution in [0.15, 0.2) is 24.4 Å². The van der Waals surface area contributed by atoms with Gasteiger partial charge >= 0.3 is 0 Å². The lowest BCUT2D eigenvalue weighted by Crippen LogP contribution is -2.09. The normalized spacial score (nSPS) is 12.5. The van der Waals surface area contributed by atoms with Gasteiger partial charge in [-0.1, -0.05) is 23.7 Å². The summed E-state index contributed by atoms with van der Waals surface area (Å²) >= 11 is 5.83. The highest BCUT2D eigenvalue weighted by Gasteiger charge is 2.22. The van der Waals surface area contributed by atoms with Crippen molar-refractivity contribution in [2.75, 3.05) is 7.11 Å². The Hall–Kier alpha value is -1.59. The zero-order valence-corrected chi connectivity index (χ0v) is 10.6. The van der Waals surface area contributed by atoms with Crippen molar-refractivity contribution < 1.29 is 14.2 Å². The second-order valence-electron chi connectivity index (χ2n) is 3.76. The maximum atomic E-state index is 14.0. The summed E-state index contributed by atoms with van der Waals surface area (Å²) in [6.07, 6.45) is 0.204. The lowest BCUT2D eigenvalue weighted by atomic mass is 10.1. The minimum Gasteiger partial charge on any atom is -0.494 e. The fourth-order valence-electron chi connectivity index (χ4n) is 1.69. The van der Waals surface area contributed by atoms with Gasteiger partial charge in [0.25, 0.3) is 0 Å². The lowest BCUT2D eigenvalue weighted by Gasteiger charge is -2.13. The molecule has 2 aromatic rings. The van der Waals surface area contributed by atoms with Gasteiger partial charge in [0, 0.05) is 12.6 Å². The molecule has 0 aliphatic rings. The Balaban J connectivity index is 2.46. The molecule has 0 saturated heterocycles. The summed E-state index contributed by atoms with van der Waals surface area (Å²) in [5.74, 6) is -0.259. The van der Waals surface area contributed by atoms with Crippen molar-refractivity contribution in [2.45, 2.75) is 6.10 Å². The van der Waals surface area contributed by atoms with Crippen molar-refractivity contribution in [3.05, 3.63) is 46.8 Å². The third kappa shape index (κ3) is 2.07. The number of aliphatic hydroxyl groups is 1. The van der Waals surface area contributed by atoms with Crippen LogP contribution in [0.2, 0.25) is 5.15 Å². The molecule has 18 heavy (non-hydrogen) atoms. The van der Waals surface area contributed by atoms with Crippen molar-refractivity contribution in [3.8, 4) is 5.75 Å². The summed E-state index contributed by atoms with van der Waals surface area (Å²) in [6, 6.07) is 4.56. The van der Waals surface area contributed by atoms with Crippen LogP contribution in [0.5, 0.6) is 5.75 Å². The number of imidazole rings is 1. The molecule has 96 valence electrons. The van der Waals surface area contributed by atoms with Crippen LogP contribution >= 0.6 is 11.6 Å². The molecular weight excluding hydrogens is 259 g/mol. The monoisotopic (exact) mass is 270 g/mol. The number of nitrogens with zero attached hydrogens (tertiary/aromatic N) is 2. The Morgan fingerprint density at radius 3 is 2.78 bits per heavy atom. The number of hydrogen-bond acceptors (Lipinski definition) is 3. The van der Waals surface area contributed by atoms with Crippen LogP contribution in [-0.4, -0.2) is 21.8 Å². The van der Waals surface area contributed by atoms with Gasteiger partial charge in [0.15, 0.2) is 11.6 Å². The zero-order valence-electron chi connectivity index (χ0n) is 9.89. The first-order valence-corrected chi connectivity index (χ1v) is 5.61. The summed E-state index contributed by atoms with van der Waals surface area (Å²) in [7, 11) is 3.01. The van der Waals surface area contributed by atoms with E-state index in [4.69, 9.17) is 16.3 Å². The molecule has 0 saturated carbocycles. The number of hydrogen-bond donors (Lipinski definition) is 1. The van der Waals surface area contributed by atoms with E-state index in [1.165, 1.54) is 30.0 Å². The van der Waals surface area contributed by atoms with Crippen LogP contribution in [-0.2, 0) is 7.05 Å². The van der Waals surface area contributed by atoms with Crippen LogP contribution < -0.4 is 4.74 Å². The van der Waals surface area contributed by atoms with E-state index in [0.29, 0.717) is 5.15 Å². The van der Waals surface area contributed by atoms with E-state index in [9.17, 15) is 9.50 Å².